The average molecular weight is 299 g/mol. The number of benzene rings is 2. The van der Waals surface area contributed by atoms with Crippen LogP contribution < -0.4 is 0 Å². The highest BCUT2D eigenvalue weighted by atomic mass is 19.1. The van der Waals surface area contributed by atoms with E-state index in [4.69, 9.17) is 4.74 Å². The van der Waals surface area contributed by atoms with Gasteiger partial charge in [-0.15, -0.1) is 0 Å². The minimum Gasteiger partial charge on any atom is -0.381 e. The lowest BCUT2D eigenvalue weighted by atomic mass is 10.0. The van der Waals surface area contributed by atoms with Gasteiger partial charge in [-0.2, -0.15) is 0 Å². The molecular formula is C19H22FNO. The summed E-state index contributed by atoms with van der Waals surface area (Å²) in [5.41, 5.74) is 2.82. The molecule has 116 valence electrons. The van der Waals surface area contributed by atoms with Crippen LogP contribution in [0, 0.1) is 5.82 Å². The minimum atomic E-state index is -0.169. The zero-order valence-electron chi connectivity index (χ0n) is 13.0. The van der Waals surface area contributed by atoms with Crippen LogP contribution in [0.2, 0.25) is 0 Å². The molecule has 1 saturated heterocycles. The van der Waals surface area contributed by atoms with Crippen molar-refractivity contribution in [1.82, 2.24) is 4.90 Å². The molecule has 0 saturated carbocycles. The second kappa shape index (κ2) is 7.03. The minimum absolute atomic E-state index is 0.169. The highest BCUT2D eigenvalue weighted by Gasteiger charge is 2.18. The van der Waals surface area contributed by atoms with Crippen LogP contribution in [-0.4, -0.2) is 31.2 Å². The van der Waals surface area contributed by atoms with Crippen LogP contribution in [0.3, 0.4) is 0 Å². The zero-order valence-corrected chi connectivity index (χ0v) is 13.0. The Morgan fingerprint density at radius 3 is 2.64 bits per heavy atom. The number of ether oxygens (including phenoxy) is 1. The van der Waals surface area contributed by atoms with Gasteiger partial charge in [0, 0.05) is 31.4 Å². The fraction of sp³-hybridized carbons (Fsp3) is 0.368. The van der Waals surface area contributed by atoms with E-state index >= 15 is 0 Å². The molecule has 22 heavy (non-hydrogen) atoms. The standard InChI is InChI=1S/C19H22FNO/c1-21(17-9-11-22-12-10-17)14-15-5-4-6-16(13-15)18-7-2-3-8-19(18)20/h2-8,13,17H,9-12,14H2,1H3. The Labute approximate surface area is 131 Å². The van der Waals surface area contributed by atoms with Crippen LogP contribution >= 0.6 is 0 Å². The molecule has 2 nitrogen and oxygen atoms in total. The van der Waals surface area contributed by atoms with Crippen molar-refractivity contribution in [2.45, 2.75) is 25.4 Å². The molecule has 1 aliphatic heterocycles. The quantitative estimate of drug-likeness (QED) is 0.842. The van der Waals surface area contributed by atoms with E-state index in [0.29, 0.717) is 11.6 Å². The maximum Gasteiger partial charge on any atom is 0.131 e. The fourth-order valence-electron chi connectivity index (χ4n) is 3.08. The van der Waals surface area contributed by atoms with E-state index in [1.165, 1.54) is 11.6 Å². The van der Waals surface area contributed by atoms with Gasteiger partial charge >= 0.3 is 0 Å². The van der Waals surface area contributed by atoms with E-state index < -0.39 is 0 Å². The van der Waals surface area contributed by atoms with Gasteiger partial charge in [-0.25, -0.2) is 4.39 Å². The molecular weight excluding hydrogens is 277 g/mol. The van der Waals surface area contributed by atoms with E-state index in [2.05, 4.69) is 24.1 Å². The van der Waals surface area contributed by atoms with Gasteiger partial charge in [-0.05, 0) is 43.1 Å². The highest BCUT2D eigenvalue weighted by Crippen LogP contribution is 2.24. The largest absolute Gasteiger partial charge is 0.381 e. The molecule has 0 unspecified atom stereocenters. The number of hydrogen-bond donors (Lipinski definition) is 0. The first-order chi connectivity index (χ1) is 10.7. The molecule has 0 radical (unpaired) electrons. The maximum absolute atomic E-state index is 13.9. The number of halogens is 1. The maximum atomic E-state index is 13.9. The van der Waals surface area contributed by atoms with Gasteiger partial charge in [0.2, 0.25) is 0 Å². The van der Waals surface area contributed by atoms with Crippen LogP contribution in [0.1, 0.15) is 18.4 Å². The van der Waals surface area contributed by atoms with E-state index in [-0.39, 0.29) is 5.82 Å². The molecule has 0 N–H and O–H groups in total. The molecule has 1 heterocycles. The lowest BCUT2D eigenvalue weighted by Gasteiger charge is -2.31. The summed E-state index contributed by atoms with van der Waals surface area (Å²) in [5.74, 6) is -0.169. The van der Waals surface area contributed by atoms with Crippen molar-refractivity contribution in [2.75, 3.05) is 20.3 Å². The van der Waals surface area contributed by atoms with Gasteiger partial charge in [-0.3, -0.25) is 4.90 Å². The van der Waals surface area contributed by atoms with Gasteiger partial charge in [-0.1, -0.05) is 36.4 Å². The van der Waals surface area contributed by atoms with Gasteiger partial charge in [0.25, 0.3) is 0 Å². The topological polar surface area (TPSA) is 12.5 Å². The summed E-state index contributed by atoms with van der Waals surface area (Å²) < 4.78 is 19.4. The lowest BCUT2D eigenvalue weighted by Crippen LogP contribution is -2.36. The Hall–Kier alpha value is -1.71. The van der Waals surface area contributed by atoms with Crippen LogP contribution in [0.15, 0.2) is 48.5 Å². The molecule has 2 aromatic carbocycles. The summed E-state index contributed by atoms with van der Waals surface area (Å²) in [6.07, 6.45) is 2.17. The first-order valence-corrected chi connectivity index (χ1v) is 7.86. The molecule has 0 aromatic heterocycles. The predicted molar refractivity (Wildman–Crippen MR) is 87.1 cm³/mol. The van der Waals surface area contributed by atoms with Gasteiger partial charge in [0.05, 0.1) is 0 Å². The summed E-state index contributed by atoms with van der Waals surface area (Å²) in [4.78, 5) is 2.38. The molecule has 2 aromatic rings. The summed E-state index contributed by atoms with van der Waals surface area (Å²) >= 11 is 0. The summed E-state index contributed by atoms with van der Waals surface area (Å²) in [6, 6.07) is 15.7. The Morgan fingerprint density at radius 2 is 1.86 bits per heavy atom. The van der Waals surface area contributed by atoms with Gasteiger partial charge in [0.1, 0.15) is 5.82 Å². The average Bonchev–Trinajstić information content (AvgIpc) is 2.56. The van der Waals surface area contributed by atoms with Crippen LogP contribution in [0.5, 0.6) is 0 Å². The van der Waals surface area contributed by atoms with Gasteiger partial charge < -0.3 is 4.74 Å². The van der Waals surface area contributed by atoms with Crippen molar-refractivity contribution in [1.29, 1.82) is 0 Å². The van der Waals surface area contributed by atoms with E-state index in [0.717, 1.165) is 38.2 Å². The van der Waals surface area contributed by atoms with Crippen LogP contribution in [0.4, 0.5) is 4.39 Å². The smallest absolute Gasteiger partial charge is 0.131 e. The van der Waals surface area contributed by atoms with E-state index in [1.54, 1.807) is 6.07 Å². The SMILES string of the molecule is CN(Cc1cccc(-c2ccccc2F)c1)C1CCOCC1. The molecule has 3 rings (SSSR count). The lowest BCUT2D eigenvalue weighted by molar-refractivity contribution is 0.0407. The molecule has 0 bridgehead atoms. The third-order valence-electron chi connectivity index (χ3n) is 4.36. The first kappa shape index (κ1) is 15.2. The Balaban J connectivity index is 1.75. The monoisotopic (exact) mass is 299 g/mol. The summed E-state index contributed by atoms with van der Waals surface area (Å²) in [7, 11) is 2.16. The highest BCUT2D eigenvalue weighted by molar-refractivity contribution is 5.64. The molecule has 0 atom stereocenters. The number of rotatable bonds is 4. The molecule has 0 spiro atoms. The van der Waals surface area contributed by atoms with Crippen LogP contribution in [0.25, 0.3) is 11.1 Å². The number of nitrogens with zero attached hydrogens (tertiary/aromatic N) is 1. The molecule has 0 amide bonds. The van der Waals surface area contributed by atoms with Crippen molar-refractivity contribution < 1.29 is 9.13 Å². The van der Waals surface area contributed by atoms with Crippen molar-refractivity contribution >= 4 is 0 Å². The molecule has 3 heteroatoms. The third kappa shape index (κ3) is 3.54. The van der Waals surface area contributed by atoms with E-state index in [9.17, 15) is 4.39 Å². The fourth-order valence-corrected chi connectivity index (χ4v) is 3.08. The molecule has 1 aliphatic rings. The number of hydrogen-bond acceptors (Lipinski definition) is 2. The first-order valence-electron chi connectivity index (χ1n) is 7.86. The Morgan fingerprint density at radius 1 is 1.09 bits per heavy atom. The zero-order chi connectivity index (χ0) is 15.4. The third-order valence-corrected chi connectivity index (χ3v) is 4.36. The van der Waals surface area contributed by atoms with Crippen LogP contribution in [-0.2, 0) is 11.3 Å². The van der Waals surface area contributed by atoms with Crippen molar-refractivity contribution in [3.05, 3.63) is 59.9 Å². The summed E-state index contributed by atoms with van der Waals surface area (Å²) in [5, 5.41) is 0. The normalized spacial score (nSPS) is 16.1. The molecule has 0 aliphatic carbocycles. The van der Waals surface area contributed by atoms with E-state index in [1.807, 2.05) is 24.3 Å². The molecule has 1 fully saturated rings. The van der Waals surface area contributed by atoms with Crippen molar-refractivity contribution in [3.8, 4) is 11.1 Å². The van der Waals surface area contributed by atoms with Crippen molar-refractivity contribution in [2.24, 2.45) is 0 Å². The Bertz CT molecular complexity index is 622. The predicted octanol–water partition coefficient (Wildman–Crippen LogP) is 4.10. The second-order valence-electron chi connectivity index (χ2n) is 5.94. The van der Waals surface area contributed by atoms with Gasteiger partial charge in [0.15, 0.2) is 0 Å². The second-order valence-corrected chi connectivity index (χ2v) is 5.94. The van der Waals surface area contributed by atoms with Crippen molar-refractivity contribution in [3.63, 3.8) is 0 Å². The summed E-state index contributed by atoms with van der Waals surface area (Å²) in [6.45, 7) is 2.58. The Kier molecular flexibility index (Phi) is 4.86.